The zero-order valence-electron chi connectivity index (χ0n) is 16.2. The molecule has 1 unspecified atom stereocenters. The SMILES string of the molecule is Cc1ccc(OCc2nnc(SC(C)C(=O)N(C(C)C)C(C)C)o2)cc1. The third kappa shape index (κ3) is 5.49. The van der Waals surface area contributed by atoms with Crippen molar-refractivity contribution in [3.8, 4) is 5.75 Å². The molecule has 6 nitrogen and oxygen atoms in total. The molecule has 0 aliphatic carbocycles. The highest BCUT2D eigenvalue weighted by Gasteiger charge is 2.27. The molecule has 7 heteroatoms. The minimum atomic E-state index is -0.300. The molecule has 26 heavy (non-hydrogen) atoms. The number of amides is 1. The van der Waals surface area contributed by atoms with Gasteiger partial charge in [-0.3, -0.25) is 4.79 Å². The number of ether oxygens (including phenoxy) is 1. The highest BCUT2D eigenvalue weighted by Crippen LogP contribution is 2.25. The number of aryl methyl sites for hydroxylation is 1. The Morgan fingerprint density at radius 1 is 1.12 bits per heavy atom. The maximum absolute atomic E-state index is 12.7. The van der Waals surface area contributed by atoms with E-state index in [1.54, 1.807) is 0 Å². The molecule has 0 spiro atoms. The lowest BCUT2D eigenvalue weighted by Gasteiger charge is -2.32. The van der Waals surface area contributed by atoms with Gasteiger partial charge in [0, 0.05) is 12.1 Å². The standard InChI is InChI=1S/C19H27N3O3S/c1-12(2)22(13(3)4)18(23)15(6)26-19-21-20-17(25-19)11-24-16-9-7-14(5)8-10-16/h7-10,12-13,15H,11H2,1-6H3. The topological polar surface area (TPSA) is 68.5 Å². The van der Waals surface area contributed by atoms with Crippen LogP contribution in [-0.4, -0.2) is 38.3 Å². The average Bonchev–Trinajstić information content (AvgIpc) is 3.01. The number of benzene rings is 1. The van der Waals surface area contributed by atoms with E-state index in [2.05, 4.69) is 10.2 Å². The maximum Gasteiger partial charge on any atom is 0.277 e. The number of nitrogens with zero attached hydrogens (tertiary/aromatic N) is 3. The van der Waals surface area contributed by atoms with Crippen molar-refractivity contribution in [3.63, 3.8) is 0 Å². The van der Waals surface area contributed by atoms with E-state index in [0.717, 1.165) is 5.75 Å². The molecule has 2 aromatic rings. The minimum Gasteiger partial charge on any atom is -0.484 e. The lowest BCUT2D eigenvalue weighted by atomic mass is 10.2. The third-order valence-corrected chi connectivity index (χ3v) is 4.75. The first kappa shape index (κ1) is 20.3. The third-order valence-electron chi connectivity index (χ3n) is 3.82. The Bertz CT molecular complexity index is 705. The van der Waals surface area contributed by atoms with Gasteiger partial charge >= 0.3 is 0 Å². The zero-order chi connectivity index (χ0) is 19.3. The van der Waals surface area contributed by atoms with E-state index >= 15 is 0 Å². The van der Waals surface area contributed by atoms with E-state index < -0.39 is 0 Å². The summed E-state index contributed by atoms with van der Waals surface area (Å²) < 4.78 is 11.2. The van der Waals surface area contributed by atoms with Crippen molar-refractivity contribution < 1.29 is 13.9 Å². The van der Waals surface area contributed by atoms with E-state index in [0.29, 0.717) is 11.1 Å². The Balaban J connectivity index is 1.92. The summed E-state index contributed by atoms with van der Waals surface area (Å²) in [5, 5.41) is 8.07. The van der Waals surface area contributed by atoms with Gasteiger partial charge in [-0.05, 0) is 53.7 Å². The predicted molar refractivity (Wildman–Crippen MR) is 102 cm³/mol. The molecule has 1 aromatic heterocycles. The Hall–Kier alpha value is -2.02. The monoisotopic (exact) mass is 377 g/mol. The molecule has 1 heterocycles. The minimum absolute atomic E-state index is 0.0654. The second kappa shape index (κ2) is 9.07. The molecule has 0 saturated heterocycles. The summed E-state index contributed by atoms with van der Waals surface area (Å²) in [5.41, 5.74) is 1.17. The molecule has 1 amide bonds. The fourth-order valence-corrected chi connectivity index (χ4v) is 3.40. The molecule has 0 aliphatic rings. The molecule has 1 aromatic carbocycles. The Morgan fingerprint density at radius 3 is 2.31 bits per heavy atom. The van der Waals surface area contributed by atoms with Gasteiger partial charge in [-0.25, -0.2) is 0 Å². The lowest BCUT2D eigenvalue weighted by Crippen LogP contribution is -2.45. The van der Waals surface area contributed by atoms with Gasteiger partial charge in [0.1, 0.15) is 5.75 Å². The van der Waals surface area contributed by atoms with Crippen molar-refractivity contribution >= 4 is 17.7 Å². The molecule has 1 atom stereocenters. The summed E-state index contributed by atoms with van der Waals surface area (Å²) in [6.07, 6.45) is 0. The van der Waals surface area contributed by atoms with Gasteiger partial charge < -0.3 is 14.1 Å². The number of carbonyl (C=O) groups excluding carboxylic acids is 1. The van der Waals surface area contributed by atoms with Crippen LogP contribution in [0.2, 0.25) is 0 Å². The van der Waals surface area contributed by atoms with E-state index in [4.69, 9.17) is 9.15 Å². The normalized spacial score (nSPS) is 12.5. The first-order valence-electron chi connectivity index (χ1n) is 8.78. The number of hydrogen-bond donors (Lipinski definition) is 0. The molecular formula is C19H27N3O3S. The molecule has 0 saturated carbocycles. The average molecular weight is 378 g/mol. The summed E-state index contributed by atoms with van der Waals surface area (Å²) in [7, 11) is 0. The van der Waals surface area contributed by atoms with Crippen molar-refractivity contribution in [1.29, 1.82) is 0 Å². The van der Waals surface area contributed by atoms with Gasteiger partial charge in [0.15, 0.2) is 6.61 Å². The van der Waals surface area contributed by atoms with Crippen LogP contribution in [0.15, 0.2) is 33.9 Å². The highest BCUT2D eigenvalue weighted by molar-refractivity contribution is 8.00. The number of carbonyl (C=O) groups is 1. The van der Waals surface area contributed by atoms with E-state index in [1.165, 1.54) is 17.3 Å². The predicted octanol–water partition coefficient (Wildman–Crippen LogP) is 4.08. The van der Waals surface area contributed by atoms with Crippen molar-refractivity contribution in [2.24, 2.45) is 0 Å². The highest BCUT2D eigenvalue weighted by atomic mass is 32.2. The van der Waals surface area contributed by atoms with E-state index in [1.807, 2.05) is 70.7 Å². The quantitative estimate of drug-likeness (QED) is 0.646. The van der Waals surface area contributed by atoms with Crippen molar-refractivity contribution in [1.82, 2.24) is 15.1 Å². The Morgan fingerprint density at radius 2 is 1.73 bits per heavy atom. The fourth-order valence-electron chi connectivity index (χ4n) is 2.64. The Kier molecular flexibility index (Phi) is 7.08. The van der Waals surface area contributed by atoms with Crippen molar-refractivity contribution in [2.75, 3.05) is 0 Å². The van der Waals surface area contributed by atoms with Gasteiger partial charge in [-0.1, -0.05) is 29.5 Å². The zero-order valence-corrected chi connectivity index (χ0v) is 17.0. The molecule has 0 N–H and O–H groups in total. The number of aromatic nitrogens is 2. The molecule has 2 rings (SSSR count). The molecule has 142 valence electrons. The van der Waals surface area contributed by atoms with Gasteiger partial charge in [-0.2, -0.15) is 0 Å². The molecule has 0 bridgehead atoms. The first-order valence-corrected chi connectivity index (χ1v) is 9.66. The van der Waals surface area contributed by atoms with Gasteiger partial charge in [0.2, 0.25) is 5.91 Å². The summed E-state index contributed by atoms with van der Waals surface area (Å²) >= 11 is 1.27. The van der Waals surface area contributed by atoms with Crippen LogP contribution < -0.4 is 4.74 Å². The smallest absolute Gasteiger partial charge is 0.277 e. The molecular weight excluding hydrogens is 350 g/mol. The second-order valence-electron chi connectivity index (χ2n) is 6.76. The summed E-state index contributed by atoms with van der Waals surface area (Å²) in [4.78, 5) is 14.5. The van der Waals surface area contributed by atoms with Gasteiger partial charge in [-0.15, -0.1) is 10.2 Å². The van der Waals surface area contributed by atoms with Crippen LogP contribution in [0.25, 0.3) is 0 Å². The molecule has 0 aliphatic heterocycles. The van der Waals surface area contributed by atoms with Crippen LogP contribution in [0.5, 0.6) is 5.75 Å². The van der Waals surface area contributed by atoms with Crippen LogP contribution in [0.1, 0.15) is 46.1 Å². The summed E-state index contributed by atoms with van der Waals surface area (Å²) in [5.74, 6) is 1.20. The number of hydrogen-bond acceptors (Lipinski definition) is 6. The molecule has 0 radical (unpaired) electrons. The number of rotatable bonds is 8. The van der Waals surface area contributed by atoms with Crippen LogP contribution in [0.3, 0.4) is 0 Å². The fraction of sp³-hybridized carbons (Fsp3) is 0.526. The van der Waals surface area contributed by atoms with E-state index in [-0.39, 0.29) is 29.8 Å². The van der Waals surface area contributed by atoms with Crippen molar-refractivity contribution in [2.45, 2.75) is 70.7 Å². The maximum atomic E-state index is 12.7. The van der Waals surface area contributed by atoms with Gasteiger partial charge in [0.05, 0.1) is 5.25 Å². The summed E-state index contributed by atoms with van der Waals surface area (Å²) in [6.45, 7) is 12.1. The first-order chi connectivity index (χ1) is 12.3. The lowest BCUT2D eigenvalue weighted by molar-refractivity contribution is -0.133. The van der Waals surface area contributed by atoms with Crippen LogP contribution >= 0.6 is 11.8 Å². The van der Waals surface area contributed by atoms with Crippen molar-refractivity contribution in [3.05, 3.63) is 35.7 Å². The van der Waals surface area contributed by atoms with Crippen LogP contribution in [0, 0.1) is 6.92 Å². The molecule has 0 fully saturated rings. The largest absolute Gasteiger partial charge is 0.484 e. The second-order valence-corrected chi connectivity index (χ2v) is 8.05. The summed E-state index contributed by atoms with van der Waals surface area (Å²) in [6, 6.07) is 8.04. The van der Waals surface area contributed by atoms with Crippen LogP contribution in [0.4, 0.5) is 0 Å². The van der Waals surface area contributed by atoms with E-state index in [9.17, 15) is 4.79 Å². The van der Waals surface area contributed by atoms with Crippen LogP contribution in [-0.2, 0) is 11.4 Å². The number of thioether (sulfide) groups is 1. The van der Waals surface area contributed by atoms with Gasteiger partial charge in [0.25, 0.3) is 11.1 Å². The Labute approximate surface area is 159 Å².